The average Bonchev–Trinajstić information content (AvgIpc) is 3.26. The Balaban J connectivity index is 2.09. The Morgan fingerprint density at radius 3 is 2.53 bits per heavy atom. The summed E-state index contributed by atoms with van der Waals surface area (Å²) < 4.78 is 31.5. The van der Waals surface area contributed by atoms with Crippen LogP contribution in [-0.4, -0.2) is 23.5 Å². The van der Waals surface area contributed by atoms with E-state index in [-0.39, 0.29) is 0 Å². The lowest BCUT2D eigenvalue weighted by molar-refractivity contribution is 0.493. The lowest BCUT2D eigenvalue weighted by atomic mass is 10.0. The lowest BCUT2D eigenvalue weighted by Gasteiger charge is -2.20. The van der Waals surface area contributed by atoms with E-state index < -0.39 is 15.6 Å². The lowest BCUT2D eigenvalue weighted by Crippen LogP contribution is -2.40. The minimum absolute atomic E-state index is 0.296. The third-order valence-corrected chi connectivity index (χ3v) is 8.30. The van der Waals surface area contributed by atoms with Crippen LogP contribution in [-0.2, 0) is 23.0 Å². The van der Waals surface area contributed by atoms with Gasteiger partial charge >= 0.3 is 0 Å². The number of hydrogen-bond acceptors (Lipinski definition) is 5. The molecule has 1 N–H and O–H groups in total. The Hall–Kier alpha value is -2.47. The summed E-state index contributed by atoms with van der Waals surface area (Å²) >= 11 is 1.31. The molecule has 0 bridgehead atoms. The molecule has 3 rings (SSSR count). The predicted molar refractivity (Wildman–Crippen MR) is 129 cm³/mol. The van der Waals surface area contributed by atoms with Crippen molar-refractivity contribution in [2.75, 3.05) is 0 Å². The molecule has 32 heavy (non-hydrogen) atoms. The van der Waals surface area contributed by atoms with Gasteiger partial charge in [0.05, 0.1) is 18.2 Å². The van der Waals surface area contributed by atoms with Crippen LogP contribution in [0.5, 0.6) is 0 Å². The second kappa shape index (κ2) is 9.18. The molecule has 0 aliphatic rings. The first-order valence-corrected chi connectivity index (χ1v) is 12.9. The van der Waals surface area contributed by atoms with Crippen LogP contribution in [0.4, 0.5) is 0 Å². The van der Waals surface area contributed by atoms with Crippen molar-refractivity contribution in [3.63, 3.8) is 0 Å². The normalized spacial score (nSPS) is 12.3. The second-order valence-corrected chi connectivity index (χ2v) is 12.5. The zero-order valence-corrected chi connectivity index (χ0v) is 21.1. The Morgan fingerprint density at radius 1 is 1.25 bits per heavy atom. The third-order valence-electron chi connectivity index (χ3n) is 4.85. The molecule has 6 nitrogen and oxygen atoms in total. The summed E-state index contributed by atoms with van der Waals surface area (Å²) in [4.78, 5) is 5.25. The van der Waals surface area contributed by atoms with Crippen LogP contribution in [0, 0.1) is 24.2 Å². The maximum Gasteiger partial charge on any atom is 0.251 e. The smallest absolute Gasteiger partial charge is 0.251 e. The number of sulfonamides is 1. The summed E-state index contributed by atoms with van der Waals surface area (Å²) in [5.74, 6) is 1.28. The van der Waals surface area contributed by atoms with Crippen LogP contribution in [0.2, 0.25) is 0 Å². The molecule has 0 saturated carbocycles. The highest BCUT2D eigenvalue weighted by molar-refractivity contribution is 7.91. The summed E-state index contributed by atoms with van der Waals surface area (Å²) in [6, 6.07) is 9.83. The maximum atomic E-state index is 13.2. The van der Waals surface area contributed by atoms with Crippen molar-refractivity contribution in [2.45, 2.75) is 64.3 Å². The number of imidazole rings is 1. The van der Waals surface area contributed by atoms with Crippen molar-refractivity contribution in [1.29, 1.82) is 5.26 Å². The monoisotopic (exact) mass is 470 g/mol. The molecule has 0 aliphatic heterocycles. The summed E-state index contributed by atoms with van der Waals surface area (Å²) in [6.45, 7) is 12.2. The van der Waals surface area contributed by atoms with Gasteiger partial charge in [0.2, 0.25) is 0 Å². The standard InChI is InChI=1S/C24H30N4O2S2/c1-16(2)11-21-13-22(23(31-21)32(29,30)27-24(4,5)6)18-7-8-19(20(12-18)14-25)15-28-10-9-26-17(28)3/h7-10,12-13,16,27H,11,15H2,1-6H3. The first kappa shape index (κ1) is 24.2. The first-order valence-electron chi connectivity index (χ1n) is 10.6. The molecule has 0 unspecified atom stereocenters. The molecule has 2 aromatic heterocycles. The SMILES string of the molecule is Cc1nccn1Cc1ccc(-c2cc(CC(C)C)sc2S(=O)(=O)NC(C)(C)C)cc1C#N. The number of nitrogens with one attached hydrogen (secondary N) is 1. The second-order valence-electron chi connectivity index (χ2n) is 9.45. The van der Waals surface area contributed by atoms with Crippen LogP contribution in [0.25, 0.3) is 11.1 Å². The number of thiophene rings is 1. The van der Waals surface area contributed by atoms with Crippen molar-refractivity contribution < 1.29 is 8.42 Å². The number of nitrogens with zero attached hydrogens (tertiary/aromatic N) is 3. The van der Waals surface area contributed by atoms with Crippen LogP contribution >= 0.6 is 11.3 Å². The number of hydrogen-bond donors (Lipinski definition) is 1. The third kappa shape index (κ3) is 5.66. The molecule has 0 spiro atoms. The summed E-state index contributed by atoms with van der Waals surface area (Å²) in [6.07, 6.45) is 4.41. The largest absolute Gasteiger partial charge is 0.331 e. The van der Waals surface area contributed by atoms with Crippen LogP contribution in [0.1, 0.15) is 56.4 Å². The zero-order valence-electron chi connectivity index (χ0n) is 19.4. The minimum Gasteiger partial charge on any atom is -0.331 e. The van der Waals surface area contributed by atoms with E-state index in [0.717, 1.165) is 28.2 Å². The van der Waals surface area contributed by atoms with E-state index in [2.05, 4.69) is 29.6 Å². The molecule has 0 radical (unpaired) electrons. The number of rotatable bonds is 7. The van der Waals surface area contributed by atoms with Gasteiger partial charge in [-0.25, -0.2) is 18.1 Å². The van der Waals surface area contributed by atoms with Crippen molar-refractivity contribution >= 4 is 21.4 Å². The van der Waals surface area contributed by atoms with Gasteiger partial charge in [-0.1, -0.05) is 26.0 Å². The molecule has 170 valence electrons. The van der Waals surface area contributed by atoms with E-state index >= 15 is 0 Å². The van der Waals surface area contributed by atoms with E-state index in [1.807, 2.05) is 56.7 Å². The zero-order chi connectivity index (χ0) is 23.7. The van der Waals surface area contributed by atoms with Gasteiger partial charge in [-0.3, -0.25) is 0 Å². The van der Waals surface area contributed by atoms with Crippen LogP contribution in [0.3, 0.4) is 0 Å². The molecule has 1 aromatic carbocycles. The highest BCUT2D eigenvalue weighted by Crippen LogP contribution is 2.37. The van der Waals surface area contributed by atoms with Crippen molar-refractivity contribution in [1.82, 2.24) is 14.3 Å². The number of nitriles is 1. The van der Waals surface area contributed by atoms with E-state index in [1.165, 1.54) is 11.3 Å². The molecule has 0 fully saturated rings. The molecule has 0 amide bonds. The fourth-order valence-corrected chi connectivity index (χ4v) is 6.89. The van der Waals surface area contributed by atoms with Crippen molar-refractivity contribution in [2.24, 2.45) is 5.92 Å². The quantitative estimate of drug-likeness (QED) is 0.519. The van der Waals surface area contributed by atoms with Crippen LogP contribution in [0.15, 0.2) is 40.9 Å². The molecule has 3 aromatic rings. The molecule has 0 saturated heterocycles. The molecular weight excluding hydrogens is 440 g/mol. The molecule has 0 atom stereocenters. The van der Waals surface area contributed by atoms with Gasteiger partial charge in [0.15, 0.2) is 0 Å². The van der Waals surface area contributed by atoms with Crippen molar-refractivity contribution in [3.8, 4) is 17.2 Å². The van der Waals surface area contributed by atoms with Gasteiger partial charge in [0.1, 0.15) is 10.0 Å². The summed E-state index contributed by atoms with van der Waals surface area (Å²) in [5.41, 5.74) is 2.17. The highest BCUT2D eigenvalue weighted by atomic mass is 32.2. The van der Waals surface area contributed by atoms with E-state index in [4.69, 9.17) is 0 Å². The molecule has 0 aliphatic carbocycles. The van der Waals surface area contributed by atoms with Crippen LogP contribution < -0.4 is 4.72 Å². The average molecular weight is 471 g/mol. The number of aryl methyl sites for hydroxylation is 1. The van der Waals surface area contributed by atoms with Gasteiger partial charge in [-0.2, -0.15) is 5.26 Å². The van der Waals surface area contributed by atoms with Gasteiger partial charge in [0, 0.05) is 28.4 Å². The fourth-order valence-electron chi connectivity index (χ4n) is 3.52. The summed E-state index contributed by atoms with van der Waals surface area (Å²) in [7, 11) is -3.71. The number of benzene rings is 1. The Bertz CT molecular complexity index is 1260. The first-order chi connectivity index (χ1) is 14.9. The maximum absolute atomic E-state index is 13.2. The van der Waals surface area contributed by atoms with Gasteiger partial charge in [-0.05, 0) is 63.3 Å². The van der Waals surface area contributed by atoms with Gasteiger partial charge < -0.3 is 4.57 Å². The highest BCUT2D eigenvalue weighted by Gasteiger charge is 2.28. The molecule has 2 heterocycles. The fraction of sp³-hybridized carbons (Fsp3) is 0.417. The molecular formula is C24H30N4O2S2. The Kier molecular flexibility index (Phi) is 6.94. The Morgan fingerprint density at radius 2 is 1.97 bits per heavy atom. The molecule has 8 heteroatoms. The summed E-state index contributed by atoms with van der Waals surface area (Å²) in [5, 5.41) is 9.79. The van der Waals surface area contributed by atoms with E-state index in [9.17, 15) is 13.7 Å². The van der Waals surface area contributed by atoms with Gasteiger partial charge in [0.25, 0.3) is 10.0 Å². The number of aromatic nitrogens is 2. The van der Waals surface area contributed by atoms with Gasteiger partial charge in [-0.15, -0.1) is 11.3 Å². The minimum atomic E-state index is -3.71. The predicted octanol–water partition coefficient (Wildman–Crippen LogP) is 5.12. The van der Waals surface area contributed by atoms with Crippen molar-refractivity contribution in [3.05, 3.63) is 58.5 Å². The topological polar surface area (TPSA) is 87.8 Å². The van der Waals surface area contributed by atoms with E-state index in [1.54, 1.807) is 12.3 Å². The Labute approximate surface area is 195 Å². The van der Waals surface area contributed by atoms with E-state index in [0.29, 0.717) is 27.8 Å².